The van der Waals surface area contributed by atoms with Crippen LogP contribution < -0.4 is 0 Å². The lowest BCUT2D eigenvalue weighted by molar-refractivity contribution is -0.119. The predicted molar refractivity (Wildman–Crippen MR) is 95.8 cm³/mol. The third-order valence-electron chi connectivity index (χ3n) is 4.30. The van der Waals surface area contributed by atoms with Crippen molar-refractivity contribution in [3.8, 4) is 0 Å². The third kappa shape index (κ3) is 7.03. The molecule has 0 bridgehead atoms. The Bertz CT molecular complexity index is 606. The van der Waals surface area contributed by atoms with Gasteiger partial charge in [-0.1, -0.05) is 18.6 Å². The molecule has 0 fully saturated rings. The molecular formula is C21H28O3. The molecule has 24 heavy (non-hydrogen) atoms. The summed E-state index contributed by atoms with van der Waals surface area (Å²) in [4.78, 5) is 12.2. The van der Waals surface area contributed by atoms with Gasteiger partial charge in [0, 0.05) is 12.8 Å². The highest BCUT2D eigenvalue weighted by Crippen LogP contribution is 2.17. The van der Waals surface area contributed by atoms with Crippen molar-refractivity contribution in [1.82, 2.24) is 0 Å². The number of allylic oxidation sites excluding steroid dienone is 2. The first-order valence-electron chi connectivity index (χ1n) is 8.83. The Morgan fingerprint density at radius 2 is 1.79 bits per heavy atom. The van der Waals surface area contributed by atoms with Crippen LogP contribution >= 0.6 is 0 Å². The summed E-state index contributed by atoms with van der Waals surface area (Å²) < 4.78 is 10.1. The molecule has 0 aliphatic rings. The van der Waals surface area contributed by atoms with E-state index in [1.165, 1.54) is 16.7 Å². The summed E-state index contributed by atoms with van der Waals surface area (Å²) in [7, 11) is 0. The molecule has 1 atom stereocenters. The molecule has 0 spiro atoms. The molecule has 0 saturated carbocycles. The van der Waals surface area contributed by atoms with Crippen LogP contribution in [0.4, 0.5) is 0 Å². The lowest BCUT2D eigenvalue weighted by atomic mass is 9.94. The second-order valence-electron chi connectivity index (χ2n) is 6.77. The second kappa shape index (κ2) is 9.96. The third-order valence-corrected chi connectivity index (χ3v) is 4.30. The summed E-state index contributed by atoms with van der Waals surface area (Å²) in [6.45, 7) is 4.22. The first-order chi connectivity index (χ1) is 11.6. The van der Waals surface area contributed by atoms with Crippen LogP contribution in [0, 0.1) is 5.92 Å². The van der Waals surface area contributed by atoms with Gasteiger partial charge in [-0.2, -0.15) is 0 Å². The Morgan fingerprint density at radius 3 is 2.42 bits per heavy atom. The number of hydrogen-bond acceptors (Lipinski definition) is 3. The number of hydrogen-bond donors (Lipinski definition) is 0. The summed E-state index contributed by atoms with van der Waals surface area (Å²) >= 11 is 0. The lowest BCUT2D eigenvalue weighted by Crippen LogP contribution is -2.06. The van der Waals surface area contributed by atoms with Crippen LogP contribution in [0.3, 0.4) is 0 Å². The van der Waals surface area contributed by atoms with Gasteiger partial charge in [-0.3, -0.25) is 4.79 Å². The fourth-order valence-corrected chi connectivity index (χ4v) is 2.96. The molecule has 2 heterocycles. The highest BCUT2D eigenvalue weighted by molar-refractivity contribution is 5.80. The van der Waals surface area contributed by atoms with Gasteiger partial charge in [-0.05, 0) is 68.2 Å². The molecule has 2 rings (SSSR count). The number of carbonyl (C=O) groups is 1. The predicted octanol–water partition coefficient (Wildman–Crippen LogP) is 5.76. The van der Waals surface area contributed by atoms with E-state index in [1.54, 1.807) is 25.1 Å². The molecule has 3 heteroatoms. The van der Waals surface area contributed by atoms with Crippen LogP contribution in [0.15, 0.2) is 57.7 Å². The first-order valence-corrected chi connectivity index (χ1v) is 8.83. The summed E-state index contributed by atoms with van der Waals surface area (Å²) in [6, 6.07) is 3.99. The van der Waals surface area contributed by atoms with Crippen LogP contribution in [0.2, 0.25) is 0 Å². The minimum atomic E-state index is 0.350. The average Bonchev–Trinajstić information content (AvgIpc) is 3.20. The number of ketones is 1. The fraction of sp³-hybridized carbons (Fsp3) is 0.476. The van der Waals surface area contributed by atoms with E-state index < -0.39 is 0 Å². The van der Waals surface area contributed by atoms with Gasteiger partial charge in [0.2, 0.25) is 0 Å². The van der Waals surface area contributed by atoms with E-state index in [1.807, 2.05) is 12.1 Å². The van der Waals surface area contributed by atoms with Crippen molar-refractivity contribution < 1.29 is 13.6 Å². The number of carbonyl (C=O) groups excluding carboxylic acids is 1. The van der Waals surface area contributed by atoms with Crippen molar-refractivity contribution >= 4 is 5.78 Å². The topological polar surface area (TPSA) is 43.4 Å². The normalized spacial score (nSPS) is 13.2. The zero-order chi connectivity index (χ0) is 17.2. The monoisotopic (exact) mass is 328 g/mol. The van der Waals surface area contributed by atoms with Gasteiger partial charge in [-0.15, -0.1) is 0 Å². The molecule has 0 amide bonds. The Hall–Kier alpha value is -2.03. The molecule has 0 N–H and O–H groups in total. The number of furan rings is 2. The van der Waals surface area contributed by atoms with Crippen molar-refractivity contribution in [2.24, 2.45) is 5.92 Å². The van der Waals surface area contributed by atoms with Crippen LogP contribution in [0.1, 0.15) is 57.1 Å². The molecule has 0 aliphatic heterocycles. The zero-order valence-corrected chi connectivity index (χ0v) is 14.8. The van der Waals surface area contributed by atoms with E-state index in [0.717, 1.165) is 32.1 Å². The Morgan fingerprint density at radius 1 is 1.12 bits per heavy atom. The van der Waals surface area contributed by atoms with Gasteiger partial charge in [0.15, 0.2) is 0 Å². The molecule has 3 nitrogen and oxygen atoms in total. The van der Waals surface area contributed by atoms with E-state index in [9.17, 15) is 4.79 Å². The van der Waals surface area contributed by atoms with Crippen LogP contribution in [0.5, 0.6) is 0 Å². The minimum Gasteiger partial charge on any atom is -0.472 e. The van der Waals surface area contributed by atoms with E-state index in [-0.39, 0.29) is 0 Å². The van der Waals surface area contributed by atoms with Gasteiger partial charge in [0.05, 0.1) is 25.1 Å². The Kier molecular flexibility index (Phi) is 7.60. The van der Waals surface area contributed by atoms with E-state index >= 15 is 0 Å². The largest absolute Gasteiger partial charge is 0.472 e. The van der Waals surface area contributed by atoms with Crippen molar-refractivity contribution in [2.75, 3.05) is 0 Å². The summed E-state index contributed by atoms with van der Waals surface area (Å²) in [6.07, 6.45) is 15.6. The molecule has 0 radical (unpaired) electrons. The molecule has 0 saturated heterocycles. The van der Waals surface area contributed by atoms with E-state index in [2.05, 4.69) is 19.9 Å². The van der Waals surface area contributed by atoms with Crippen molar-refractivity contribution in [3.63, 3.8) is 0 Å². The van der Waals surface area contributed by atoms with Gasteiger partial charge < -0.3 is 8.83 Å². The highest BCUT2D eigenvalue weighted by atomic mass is 16.3. The minimum absolute atomic E-state index is 0.350. The molecule has 0 unspecified atom stereocenters. The smallest absolute Gasteiger partial charge is 0.137 e. The van der Waals surface area contributed by atoms with Gasteiger partial charge in [-0.25, -0.2) is 0 Å². The first kappa shape index (κ1) is 18.3. The maximum Gasteiger partial charge on any atom is 0.137 e. The number of Topliss-reactive ketones (excluding diaryl/α,β-unsaturated/α-hetero) is 1. The fourth-order valence-electron chi connectivity index (χ4n) is 2.96. The second-order valence-corrected chi connectivity index (χ2v) is 6.77. The molecule has 2 aromatic heterocycles. The van der Waals surface area contributed by atoms with Gasteiger partial charge in [0.25, 0.3) is 0 Å². The standard InChI is InChI=1S/C21H28O3/c1-17(5-3-7-19-9-11-23-15-19)13-21(22)14-18(2)6-4-8-20-10-12-24-16-20/h5,9-12,15-16,18H,3-4,6-8,13-14H2,1-2H3/t18-/m1/s1. The SMILES string of the molecule is CC(=CCCc1ccoc1)CC(=O)C[C@H](C)CCCc1ccoc1. The average molecular weight is 328 g/mol. The number of rotatable bonds is 11. The Labute approximate surface area is 144 Å². The maximum absolute atomic E-state index is 12.2. The lowest BCUT2D eigenvalue weighted by Gasteiger charge is -2.10. The van der Waals surface area contributed by atoms with Crippen molar-refractivity contribution in [2.45, 2.75) is 58.8 Å². The number of aryl methyl sites for hydroxylation is 2. The molecule has 2 aromatic rings. The quantitative estimate of drug-likeness (QED) is 0.492. The Balaban J connectivity index is 1.60. The summed E-state index contributed by atoms with van der Waals surface area (Å²) in [5.74, 6) is 0.797. The van der Waals surface area contributed by atoms with Crippen LogP contribution in [-0.4, -0.2) is 5.78 Å². The van der Waals surface area contributed by atoms with E-state index in [4.69, 9.17) is 8.83 Å². The van der Waals surface area contributed by atoms with Crippen molar-refractivity contribution in [3.05, 3.63) is 60.0 Å². The maximum atomic E-state index is 12.2. The van der Waals surface area contributed by atoms with Crippen LogP contribution in [0.25, 0.3) is 0 Å². The van der Waals surface area contributed by atoms with Crippen molar-refractivity contribution in [1.29, 1.82) is 0 Å². The summed E-state index contributed by atoms with van der Waals surface area (Å²) in [5, 5.41) is 0. The molecule has 0 aromatic carbocycles. The molecule has 0 aliphatic carbocycles. The van der Waals surface area contributed by atoms with Gasteiger partial charge >= 0.3 is 0 Å². The highest BCUT2D eigenvalue weighted by Gasteiger charge is 2.10. The molecule has 130 valence electrons. The van der Waals surface area contributed by atoms with Crippen LogP contribution in [-0.2, 0) is 17.6 Å². The zero-order valence-electron chi connectivity index (χ0n) is 14.8. The van der Waals surface area contributed by atoms with E-state index in [0.29, 0.717) is 24.5 Å². The van der Waals surface area contributed by atoms with Gasteiger partial charge in [0.1, 0.15) is 5.78 Å². The molecular weight excluding hydrogens is 300 g/mol. The summed E-state index contributed by atoms with van der Waals surface area (Å²) in [5.41, 5.74) is 3.62.